The zero-order chi connectivity index (χ0) is 19.9. The van der Waals surface area contributed by atoms with Crippen LogP contribution in [0.15, 0.2) is 47.9 Å². The van der Waals surface area contributed by atoms with Crippen molar-refractivity contribution in [2.75, 3.05) is 24.8 Å². The Morgan fingerprint density at radius 3 is 2.79 bits per heavy atom. The number of aromatic nitrogens is 4. The molecule has 7 nitrogen and oxygen atoms in total. The molecule has 2 aromatic heterocycles. The van der Waals surface area contributed by atoms with E-state index in [1.165, 1.54) is 11.8 Å². The number of rotatable bonds is 8. The lowest BCUT2D eigenvalue weighted by atomic mass is 10.2. The van der Waals surface area contributed by atoms with Gasteiger partial charge >= 0.3 is 0 Å². The van der Waals surface area contributed by atoms with Crippen molar-refractivity contribution in [3.8, 4) is 11.4 Å². The van der Waals surface area contributed by atoms with Gasteiger partial charge in [-0.1, -0.05) is 29.4 Å². The van der Waals surface area contributed by atoms with Gasteiger partial charge < -0.3 is 10.1 Å². The van der Waals surface area contributed by atoms with Gasteiger partial charge in [0.15, 0.2) is 11.0 Å². The van der Waals surface area contributed by atoms with E-state index in [1.807, 2.05) is 29.7 Å². The summed E-state index contributed by atoms with van der Waals surface area (Å²) in [5.41, 5.74) is 2.56. The van der Waals surface area contributed by atoms with Gasteiger partial charge in [0.1, 0.15) is 0 Å². The van der Waals surface area contributed by atoms with Crippen LogP contribution in [0.5, 0.6) is 0 Å². The number of carbonyl (C=O) groups is 1. The third-order valence-electron chi connectivity index (χ3n) is 3.98. The van der Waals surface area contributed by atoms with E-state index in [1.54, 1.807) is 31.6 Å². The van der Waals surface area contributed by atoms with Crippen LogP contribution in [-0.4, -0.2) is 45.1 Å². The van der Waals surface area contributed by atoms with E-state index in [-0.39, 0.29) is 11.7 Å². The Morgan fingerprint density at radius 2 is 2.04 bits per heavy atom. The fraction of sp³-hybridized carbons (Fsp3) is 0.263. The highest BCUT2D eigenvalue weighted by Crippen LogP contribution is 2.25. The van der Waals surface area contributed by atoms with E-state index >= 15 is 0 Å². The molecule has 0 radical (unpaired) electrons. The van der Waals surface area contributed by atoms with Crippen molar-refractivity contribution < 1.29 is 9.53 Å². The fourth-order valence-electron chi connectivity index (χ4n) is 2.54. The van der Waals surface area contributed by atoms with Crippen LogP contribution in [0.4, 0.5) is 5.69 Å². The first-order valence-corrected chi connectivity index (χ1v) is 9.96. The van der Waals surface area contributed by atoms with Gasteiger partial charge in [-0.3, -0.25) is 14.3 Å². The van der Waals surface area contributed by atoms with E-state index < -0.39 is 0 Å². The van der Waals surface area contributed by atoms with Crippen LogP contribution in [0.3, 0.4) is 0 Å². The number of ether oxygens (including phenoxy) is 1. The quantitative estimate of drug-likeness (QED) is 0.563. The van der Waals surface area contributed by atoms with Crippen LogP contribution >= 0.6 is 23.4 Å². The van der Waals surface area contributed by atoms with Crippen molar-refractivity contribution in [2.24, 2.45) is 0 Å². The van der Waals surface area contributed by atoms with Crippen LogP contribution in [0.2, 0.25) is 5.02 Å². The van der Waals surface area contributed by atoms with Crippen molar-refractivity contribution in [3.05, 3.63) is 53.3 Å². The largest absolute Gasteiger partial charge is 0.383 e. The molecule has 2 heterocycles. The maximum absolute atomic E-state index is 12.4. The van der Waals surface area contributed by atoms with E-state index in [9.17, 15) is 4.79 Å². The highest BCUT2D eigenvalue weighted by atomic mass is 35.5. The third-order valence-corrected chi connectivity index (χ3v) is 5.18. The summed E-state index contributed by atoms with van der Waals surface area (Å²) in [6.07, 6.45) is 3.41. The number of hydrogen-bond acceptors (Lipinski definition) is 6. The van der Waals surface area contributed by atoms with Gasteiger partial charge in [0.2, 0.25) is 5.91 Å². The van der Waals surface area contributed by atoms with Gasteiger partial charge in [-0.25, -0.2) is 0 Å². The zero-order valence-electron chi connectivity index (χ0n) is 15.6. The van der Waals surface area contributed by atoms with Gasteiger partial charge in [0.25, 0.3) is 0 Å². The number of thioether (sulfide) groups is 1. The summed E-state index contributed by atoms with van der Waals surface area (Å²) in [4.78, 5) is 16.4. The molecule has 0 bridgehead atoms. The van der Waals surface area contributed by atoms with Gasteiger partial charge in [-0.05, 0) is 36.8 Å². The predicted molar refractivity (Wildman–Crippen MR) is 111 cm³/mol. The van der Waals surface area contributed by atoms with Gasteiger partial charge in [0.05, 0.1) is 18.9 Å². The molecule has 0 aliphatic rings. The number of benzene rings is 1. The molecular formula is C19H20ClN5O2S. The van der Waals surface area contributed by atoms with Crippen molar-refractivity contribution in [3.63, 3.8) is 0 Å². The summed E-state index contributed by atoms with van der Waals surface area (Å²) < 4.78 is 7.15. The summed E-state index contributed by atoms with van der Waals surface area (Å²) in [6.45, 7) is 3.01. The monoisotopic (exact) mass is 417 g/mol. The topological polar surface area (TPSA) is 81.9 Å². The van der Waals surface area contributed by atoms with Crippen molar-refractivity contribution >= 4 is 35.0 Å². The average molecular weight is 418 g/mol. The molecule has 0 aliphatic heterocycles. The number of aryl methyl sites for hydroxylation is 1. The van der Waals surface area contributed by atoms with Crippen LogP contribution in [0.25, 0.3) is 11.4 Å². The molecule has 1 N–H and O–H groups in total. The zero-order valence-corrected chi connectivity index (χ0v) is 17.1. The second-order valence-electron chi connectivity index (χ2n) is 5.98. The molecule has 146 valence electrons. The van der Waals surface area contributed by atoms with Crippen molar-refractivity contribution in [1.29, 1.82) is 0 Å². The molecule has 3 rings (SSSR count). The lowest BCUT2D eigenvalue weighted by Gasteiger charge is -2.10. The van der Waals surface area contributed by atoms with Crippen LogP contribution < -0.4 is 5.32 Å². The predicted octanol–water partition coefficient (Wildman–Crippen LogP) is 3.68. The van der Waals surface area contributed by atoms with E-state index in [2.05, 4.69) is 20.5 Å². The number of anilines is 1. The number of hydrogen-bond donors (Lipinski definition) is 1. The molecule has 1 amide bonds. The Kier molecular flexibility index (Phi) is 7.02. The minimum atomic E-state index is -0.137. The molecule has 28 heavy (non-hydrogen) atoms. The first-order valence-electron chi connectivity index (χ1n) is 8.60. The van der Waals surface area contributed by atoms with E-state index in [0.717, 1.165) is 11.1 Å². The maximum atomic E-state index is 12.4. The molecule has 0 fully saturated rings. The Balaban J connectivity index is 1.72. The third kappa shape index (κ3) is 5.09. The first kappa shape index (κ1) is 20.3. The number of pyridine rings is 1. The molecule has 1 aromatic carbocycles. The summed E-state index contributed by atoms with van der Waals surface area (Å²) in [6, 6.07) is 9.14. The lowest BCUT2D eigenvalue weighted by molar-refractivity contribution is -0.113. The molecule has 3 aromatic rings. The van der Waals surface area contributed by atoms with Gasteiger partial charge in [-0.2, -0.15) is 0 Å². The number of amides is 1. The molecule has 9 heteroatoms. The number of halogens is 1. The van der Waals surface area contributed by atoms with Crippen molar-refractivity contribution in [1.82, 2.24) is 19.7 Å². The Labute approximate surface area is 172 Å². The summed E-state index contributed by atoms with van der Waals surface area (Å²) >= 11 is 7.33. The normalized spacial score (nSPS) is 10.8. The highest BCUT2D eigenvalue weighted by Gasteiger charge is 2.16. The van der Waals surface area contributed by atoms with Crippen LogP contribution in [0.1, 0.15) is 5.56 Å². The molecular weight excluding hydrogens is 398 g/mol. The van der Waals surface area contributed by atoms with Gasteiger partial charge in [0, 0.05) is 35.8 Å². The Morgan fingerprint density at radius 1 is 1.25 bits per heavy atom. The molecule has 0 atom stereocenters. The second-order valence-corrected chi connectivity index (χ2v) is 7.36. The highest BCUT2D eigenvalue weighted by molar-refractivity contribution is 7.99. The minimum absolute atomic E-state index is 0.137. The number of methoxy groups -OCH3 is 1. The second kappa shape index (κ2) is 9.68. The van der Waals surface area contributed by atoms with Crippen LogP contribution in [0, 0.1) is 6.92 Å². The van der Waals surface area contributed by atoms with Gasteiger partial charge in [-0.15, -0.1) is 10.2 Å². The number of carbonyl (C=O) groups excluding carboxylic acids is 1. The number of nitrogens with zero attached hydrogens (tertiary/aromatic N) is 4. The lowest BCUT2D eigenvalue weighted by Crippen LogP contribution is -2.16. The Bertz CT molecular complexity index is 949. The van der Waals surface area contributed by atoms with E-state index in [4.69, 9.17) is 16.3 Å². The molecule has 0 saturated carbocycles. The molecule has 0 unspecified atom stereocenters. The Hall–Kier alpha value is -2.42. The SMILES string of the molecule is COCCn1c(SCC(=O)Nc2cc(Cl)ccc2C)nnc1-c1ccncc1. The van der Waals surface area contributed by atoms with Crippen molar-refractivity contribution in [2.45, 2.75) is 18.6 Å². The smallest absolute Gasteiger partial charge is 0.234 e. The van der Waals surface area contributed by atoms with E-state index in [0.29, 0.717) is 34.8 Å². The molecule has 0 spiro atoms. The summed E-state index contributed by atoms with van der Waals surface area (Å²) in [5.74, 6) is 0.781. The number of nitrogens with one attached hydrogen (secondary N) is 1. The fourth-order valence-corrected chi connectivity index (χ4v) is 3.48. The minimum Gasteiger partial charge on any atom is -0.383 e. The first-order chi connectivity index (χ1) is 13.6. The summed E-state index contributed by atoms with van der Waals surface area (Å²) in [5, 5.41) is 12.7. The summed E-state index contributed by atoms with van der Waals surface area (Å²) in [7, 11) is 1.64. The molecule has 0 aliphatic carbocycles. The maximum Gasteiger partial charge on any atom is 0.234 e. The van der Waals surface area contributed by atoms with Crippen LogP contribution in [-0.2, 0) is 16.1 Å². The molecule has 0 saturated heterocycles. The average Bonchev–Trinajstić information content (AvgIpc) is 3.11. The standard InChI is InChI=1S/C19H20ClN5O2S/c1-13-3-4-15(20)11-16(13)22-17(26)12-28-19-24-23-18(25(19)9-10-27-2)14-5-7-21-8-6-14/h3-8,11H,9-10,12H2,1-2H3,(H,22,26).